The first-order valence-corrected chi connectivity index (χ1v) is 7.54. The predicted molar refractivity (Wildman–Crippen MR) is 82.8 cm³/mol. The van der Waals surface area contributed by atoms with Crippen LogP contribution in [0.1, 0.15) is 37.7 Å². The van der Waals surface area contributed by atoms with Crippen molar-refractivity contribution in [2.75, 3.05) is 11.9 Å². The van der Waals surface area contributed by atoms with E-state index in [2.05, 4.69) is 10.6 Å². The Kier molecular flexibility index (Phi) is 5.75. The van der Waals surface area contributed by atoms with Crippen molar-refractivity contribution in [3.63, 3.8) is 0 Å². The molecular formula is C16H23N3O2. The van der Waals surface area contributed by atoms with Gasteiger partial charge >= 0.3 is 0 Å². The van der Waals surface area contributed by atoms with E-state index in [4.69, 9.17) is 5.73 Å². The quantitative estimate of drug-likeness (QED) is 0.743. The van der Waals surface area contributed by atoms with Crippen molar-refractivity contribution < 1.29 is 9.59 Å². The standard InChI is InChI=1S/C16H23N3O2/c17-15(20)11-12-4-6-14(7-5-12)19-16(21)9-8-13-3-1-2-10-18-13/h4-7,13,18H,1-3,8-11H2,(H2,17,20)(H,19,21). The molecule has 5 nitrogen and oxygen atoms in total. The second kappa shape index (κ2) is 7.78. The highest BCUT2D eigenvalue weighted by Gasteiger charge is 2.14. The number of carbonyl (C=O) groups excluding carboxylic acids is 2. The number of nitrogens with two attached hydrogens (primary N) is 1. The average Bonchev–Trinajstić information content (AvgIpc) is 2.48. The molecule has 0 saturated carbocycles. The van der Waals surface area contributed by atoms with Gasteiger partial charge in [-0.05, 0) is 43.5 Å². The first-order valence-electron chi connectivity index (χ1n) is 7.54. The van der Waals surface area contributed by atoms with Gasteiger partial charge in [0.05, 0.1) is 6.42 Å². The zero-order valence-corrected chi connectivity index (χ0v) is 12.2. The number of hydrogen-bond donors (Lipinski definition) is 3. The van der Waals surface area contributed by atoms with Gasteiger partial charge < -0.3 is 16.4 Å². The smallest absolute Gasteiger partial charge is 0.224 e. The number of carbonyl (C=O) groups is 2. The lowest BCUT2D eigenvalue weighted by molar-refractivity contribution is -0.117. The van der Waals surface area contributed by atoms with Crippen molar-refractivity contribution in [1.29, 1.82) is 0 Å². The number of rotatable bonds is 6. The third-order valence-electron chi connectivity index (χ3n) is 3.75. The minimum absolute atomic E-state index is 0.0324. The first kappa shape index (κ1) is 15.5. The van der Waals surface area contributed by atoms with Gasteiger partial charge in [-0.2, -0.15) is 0 Å². The number of amides is 2. The minimum atomic E-state index is -0.355. The van der Waals surface area contributed by atoms with E-state index in [9.17, 15) is 9.59 Å². The zero-order chi connectivity index (χ0) is 15.1. The summed E-state index contributed by atoms with van der Waals surface area (Å²) < 4.78 is 0. The highest BCUT2D eigenvalue weighted by molar-refractivity contribution is 5.90. The lowest BCUT2D eigenvalue weighted by Crippen LogP contribution is -2.34. The van der Waals surface area contributed by atoms with Crippen LogP contribution in [-0.2, 0) is 16.0 Å². The van der Waals surface area contributed by atoms with Crippen molar-refractivity contribution in [1.82, 2.24) is 5.32 Å². The highest BCUT2D eigenvalue weighted by atomic mass is 16.1. The molecule has 1 heterocycles. The average molecular weight is 289 g/mol. The Labute approximate surface area is 125 Å². The van der Waals surface area contributed by atoms with Crippen LogP contribution in [0.5, 0.6) is 0 Å². The van der Waals surface area contributed by atoms with Crippen molar-refractivity contribution in [2.45, 2.75) is 44.6 Å². The van der Waals surface area contributed by atoms with Crippen LogP contribution >= 0.6 is 0 Å². The van der Waals surface area contributed by atoms with Crippen LogP contribution in [0.2, 0.25) is 0 Å². The maximum atomic E-state index is 11.9. The molecule has 0 aliphatic carbocycles. The van der Waals surface area contributed by atoms with Crippen molar-refractivity contribution in [2.24, 2.45) is 5.73 Å². The van der Waals surface area contributed by atoms with E-state index in [0.717, 1.165) is 30.6 Å². The molecule has 0 aromatic heterocycles. The van der Waals surface area contributed by atoms with E-state index in [-0.39, 0.29) is 18.2 Å². The van der Waals surface area contributed by atoms with Gasteiger partial charge in [-0.1, -0.05) is 18.6 Å². The fourth-order valence-electron chi connectivity index (χ4n) is 2.61. The van der Waals surface area contributed by atoms with Crippen LogP contribution in [0, 0.1) is 0 Å². The summed E-state index contributed by atoms with van der Waals surface area (Å²) in [6.07, 6.45) is 5.28. The third-order valence-corrected chi connectivity index (χ3v) is 3.75. The van der Waals surface area contributed by atoms with Crippen LogP contribution in [0.25, 0.3) is 0 Å². The third kappa shape index (κ3) is 5.55. The van der Waals surface area contributed by atoms with E-state index in [1.54, 1.807) is 12.1 Å². The maximum absolute atomic E-state index is 11.9. The van der Waals surface area contributed by atoms with Crippen molar-refractivity contribution >= 4 is 17.5 Å². The van der Waals surface area contributed by atoms with E-state index in [1.807, 2.05) is 12.1 Å². The van der Waals surface area contributed by atoms with E-state index in [1.165, 1.54) is 12.8 Å². The monoisotopic (exact) mass is 289 g/mol. The molecule has 5 heteroatoms. The lowest BCUT2D eigenvalue weighted by Gasteiger charge is -2.23. The number of benzene rings is 1. The fourth-order valence-corrected chi connectivity index (χ4v) is 2.61. The number of nitrogens with one attached hydrogen (secondary N) is 2. The molecule has 1 aliphatic heterocycles. The molecule has 21 heavy (non-hydrogen) atoms. The van der Waals surface area contributed by atoms with Gasteiger partial charge in [0.1, 0.15) is 0 Å². The first-order chi connectivity index (χ1) is 10.1. The van der Waals surface area contributed by atoms with Gasteiger partial charge in [0, 0.05) is 18.2 Å². The molecule has 2 amide bonds. The largest absolute Gasteiger partial charge is 0.369 e. The van der Waals surface area contributed by atoms with Gasteiger partial charge in [-0.3, -0.25) is 9.59 Å². The molecule has 2 rings (SSSR count). The summed E-state index contributed by atoms with van der Waals surface area (Å²) in [7, 11) is 0. The number of piperidine rings is 1. The molecule has 1 atom stereocenters. The van der Waals surface area contributed by atoms with Gasteiger partial charge in [0.15, 0.2) is 0 Å². The van der Waals surface area contributed by atoms with Gasteiger partial charge in [0.2, 0.25) is 11.8 Å². The summed E-state index contributed by atoms with van der Waals surface area (Å²) in [5.74, 6) is -0.322. The van der Waals surface area contributed by atoms with Crippen LogP contribution in [0.4, 0.5) is 5.69 Å². The predicted octanol–water partition coefficient (Wildman–Crippen LogP) is 1.58. The van der Waals surface area contributed by atoms with Gasteiger partial charge in [-0.15, -0.1) is 0 Å². The van der Waals surface area contributed by atoms with E-state index < -0.39 is 0 Å². The summed E-state index contributed by atoms with van der Waals surface area (Å²) in [6, 6.07) is 7.69. The Morgan fingerprint density at radius 3 is 2.62 bits per heavy atom. The molecule has 4 N–H and O–H groups in total. The lowest BCUT2D eigenvalue weighted by atomic mass is 10.0. The summed E-state index contributed by atoms with van der Waals surface area (Å²) in [4.78, 5) is 22.7. The summed E-state index contributed by atoms with van der Waals surface area (Å²) in [5.41, 5.74) is 6.75. The Bertz CT molecular complexity index is 479. The topological polar surface area (TPSA) is 84.2 Å². The Morgan fingerprint density at radius 1 is 1.24 bits per heavy atom. The second-order valence-corrected chi connectivity index (χ2v) is 5.57. The fraction of sp³-hybridized carbons (Fsp3) is 0.500. The second-order valence-electron chi connectivity index (χ2n) is 5.57. The van der Waals surface area contributed by atoms with E-state index >= 15 is 0 Å². The molecular weight excluding hydrogens is 266 g/mol. The number of hydrogen-bond acceptors (Lipinski definition) is 3. The molecule has 1 aromatic rings. The van der Waals surface area contributed by atoms with Gasteiger partial charge in [0.25, 0.3) is 0 Å². The Hall–Kier alpha value is -1.88. The molecule has 0 spiro atoms. The molecule has 0 bridgehead atoms. The maximum Gasteiger partial charge on any atom is 0.224 e. The Morgan fingerprint density at radius 2 is 2.00 bits per heavy atom. The van der Waals surface area contributed by atoms with Crippen molar-refractivity contribution in [3.8, 4) is 0 Å². The highest BCUT2D eigenvalue weighted by Crippen LogP contribution is 2.14. The summed E-state index contributed by atoms with van der Waals surface area (Å²) in [6.45, 7) is 1.06. The zero-order valence-electron chi connectivity index (χ0n) is 12.2. The molecule has 1 saturated heterocycles. The molecule has 0 radical (unpaired) electrons. The van der Waals surface area contributed by atoms with Crippen LogP contribution < -0.4 is 16.4 Å². The minimum Gasteiger partial charge on any atom is -0.369 e. The number of primary amides is 1. The number of anilines is 1. The molecule has 1 fully saturated rings. The van der Waals surface area contributed by atoms with Crippen LogP contribution in [-0.4, -0.2) is 24.4 Å². The molecule has 1 aliphatic rings. The molecule has 1 aromatic carbocycles. The summed E-state index contributed by atoms with van der Waals surface area (Å²) in [5, 5.41) is 6.32. The molecule has 1 unspecified atom stereocenters. The van der Waals surface area contributed by atoms with E-state index in [0.29, 0.717) is 12.5 Å². The van der Waals surface area contributed by atoms with Crippen LogP contribution in [0.3, 0.4) is 0 Å². The molecule has 114 valence electrons. The van der Waals surface area contributed by atoms with Crippen molar-refractivity contribution in [3.05, 3.63) is 29.8 Å². The SMILES string of the molecule is NC(=O)Cc1ccc(NC(=O)CCC2CCCCN2)cc1. The summed E-state index contributed by atoms with van der Waals surface area (Å²) >= 11 is 0. The van der Waals surface area contributed by atoms with Gasteiger partial charge in [-0.25, -0.2) is 0 Å². The van der Waals surface area contributed by atoms with Crippen LogP contribution in [0.15, 0.2) is 24.3 Å². The normalized spacial score (nSPS) is 18.2. The Balaban J connectivity index is 1.75.